The molecule has 5 nitrogen and oxygen atoms in total. The van der Waals surface area contributed by atoms with E-state index in [0.29, 0.717) is 4.90 Å². The van der Waals surface area contributed by atoms with E-state index in [1.807, 2.05) is 0 Å². The third kappa shape index (κ3) is 4.75. The summed E-state index contributed by atoms with van der Waals surface area (Å²) in [4.78, 5) is 1.42. The van der Waals surface area contributed by atoms with Crippen molar-refractivity contribution >= 4 is 21.4 Å². The molecule has 1 heterocycles. The molecule has 0 amide bonds. The van der Waals surface area contributed by atoms with Crippen LogP contribution in [0, 0.1) is 0 Å². The predicted octanol–water partition coefficient (Wildman–Crippen LogP) is 2.09. The molecular weight excluding hydrogens is 308 g/mol. The molecule has 0 bridgehead atoms. The number of hydrogen-bond acceptors (Lipinski definition) is 5. The number of rotatable bonds is 8. The Labute approximate surface area is 131 Å². The molecule has 0 aromatic carbocycles. The maximum absolute atomic E-state index is 12.4. The Morgan fingerprint density at radius 1 is 1.43 bits per heavy atom. The van der Waals surface area contributed by atoms with Gasteiger partial charge in [-0.05, 0) is 38.3 Å². The highest BCUT2D eigenvalue weighted by Gasteiger charge is 2.29. The van der Waals surface area contributed by atoms with Crippen molar-refractivity contribution in [2.45, 2.75) is 56.2 Å². The summed E-state index contributed by atoms with van der Waals surface area (Å²) in [5, 5.41) is 5.00. The van der Waals surface area contributed by atoms with Crippen molar-refractivity contribution < 1.29 is 13.2 Å². The fourth-order valence-corrected chi connectivity index (χ4v) is 5.06. The van der Waals surface area contributed by atoms with Crippen LogP contribution in [0.5, 0.6) is 0 Å². The number of hydrogen-bond donors (Lipinski definition) is 2. The largest absolute Gasteiger partial charge is 0.381 e. The Balaban J connectivity index is 1.93. The maximum Gasteiger partial charge on any atom is 0.241 e. The third-order valence-electron chi connectivity index (χ3n) is 3.71. The molecule has 0 radical (unpaired) electrons. The van der Waals surface area contributed by atoms with E-state index in [4.69, 9.17) is 4.74 Å². The summed E-state index contributed by atoms with van der Waals surface area (Å²) in [5.74, 6) is 0. The maximum atomic E-state index is 12.4. The molecule has 2 atom stereocenters. The van der Waals surface area contributed by atoms with Crippen LogP contribution in [0.2, 0.25) is 0 Å². The van der Waals surface area contributed by atoms with Crippen LogP contribution in [0.4, 0.5) is 0 Å². The van der Waals surface area contributed by atoms with Crippen LogP contribution in [0.15, 0.2) is 16.3 Å². The van der Waals surface area contributed by atoms with Crippen LogP contribution in [0.25, 0.3) is 0 Å². The highest BCUT2D eigenvalue weighted by molar-refractivity contribution is 7.89. The van der Waals surface area contributed by atoms with Gasteiger partial charge >= 0.3 is 0 Å². The van der Waals surface area contributed by atoms with E-state index in [2.05, 4.69) is 17.0 Å². The van der Waals surface area contributed by atoms with Crippen molar-refractivity contribution in [3.8, 4) is 0 Å². The second-order valence-electron chi connectivity index (χ2n) is 5.41. The zero-order valence-corrected chi connectivity index (χ0v) is 14.2. The van der Waals surface area contributed by atoms with E-state index in [1.54, 1.807) is 18.6 Å². The second kappa shape index (κ2) is 7.69. The number of methoxy groups -OCH3 is 1. The van der Waals surface area contributed by atoms with Crippen molar-refractivity contribution in [3.63, 3.8) is 0 Å². The molecule has 1 saturated carbocycles. The summed E-state index contributed by atoms with van der Waals surface area (Å²) >= 11 is 1.48. The minimum absolute atomic E-state index is 0.0125. The summed E-state index contributed by atoms with van der Waals surface area (Å²) in [6, 6.07) is 1.75. The van der Waals surface area contributed by atoms with E-state index in [0.717, 1.165) is 43.6 Å². The van der Waals surface area contributed by atoms with Gasteiger partial charge in [-0.15, -0.1) is 11.3 Å². The van der Waals surface area contributed by atoms with Crippen LogP contribution in [0.3, 0.4) is 0 Å². The lowest BCUT2D eigenvalue weighted by atomic mass is 10.3. The molecule has 120 valence electrons. The Bertz CT molecular complexity index is 542. The Morgan fingerprint density at radius 3 is 2.90 bits per heavy atom. The predicted molar refractivity (Wildman–Crippen MR) is 85.1 cm³/mol. The lowest BCUT2D eigenvalue weighted by Crippen LogP contribution is -2.33. The fraction of sp³-hybridized carbons (Fsp3) is 0.714. The third-order valence-corrected chi connectivity index (χ3v) is 6.29. The first-order chi connectivity index (χ1) is 10.0. The Morgan fingerprint density at radius 2 is 2.24 bits per heavy atom. The molecule has 0 spiro atoms. The average Bonchev–Trinajstić information content (AvgIpc) is 3.08. The molecule has 2 N–H and O–H groups in total. The minimum Gasteiger partial charge on any atom is -0.381 e. The van der Waals surface area contributed by atoms with Gasteiger partial charge in [-0.1, -0.05) is 6.92 Å². The van der Waals surface area contributed by atoms with E-state index in [-0.39, 0.29) is 12.1 Å². The summed E-state index contributed by atoms with van der Waals surface area (Å²) in [5.41, 5.74) is 0. The van der Waals surface area contributed by atoms with Crippen molar-refractivity contribution in [2.24, 2.45) is 0 Å². The van der Waals surface area contributed by atoms with Gasteiger partial charge in [0.25, 0.3) is 0 Å². The zero-order valence-electron chi connectivity index (χ0n) is 12.6. The monoisotopic (exact) mass is 332 g/mol. The first-order valence-corrected chi connectivity index (χ1v) is 9.74. The Hall–Kier alpha value is -0.470. The molecule has 0 saturated heterocycles. The van der Waals surface area contributed by atoms with E-state index in [1.165, 1.54) is 11.3 Å². The topological polar surface area (TPSA) is 67.4 Å². The summed E-state index contributed by atoms with van der Waals surface area (Å²) in [7, 11) is -1.73. The number of nitrogens with one attached hydrogen (secondary N) is 2. The van der Waals surface area contributed by atoms with Crippen molar-refractivity contribution in [3.05, 3.63) is 16.3 Å². The molecule has 7 heteroatoms. The standard InChI is InChI=1S/C14H24N2O3S2/c1-3-6-15-9-13-8-14(10-20-13)21(17,18)16-11-4-5-12(7-11)19-2/h8,10-12,15-16H,3-7,9H2,1-2H3. The van der Waals surface area contributed by atoms with Crippen LogP contribution in [0.1, 0.15) is 37.5 Å². The van der Waals surface area contributed by atoms with Crippen LogP contribution in [-0.4, -0.2) is 34.2 Å². The van der Waals surface area contributed by atoms with Gasteiger partial charge in [0, 0.05) is 30.0 Å². The fourth-order valence-electron chi connectivity index (χ4n) is 2.53. The first-order valence-electron chi connectivity index (χ1n) is 7.38. The zero-order chi connectivity index (χ0) is 15.3. The minimum atomic E-state index is -3.41. The quantitative estimate of drug-likeness (QED) is 0.715. The van der Waals surface area contributed by atoms with Gasteiger partial charge in [0.15, 0.2) is 0 Å². The molecule has 1 aromatic heterocycles. The highest BCUT2D eigenvalue weighted by Crippen LogP contribution is 2.25. The molecule has 1 aromatic rings. The van der Waals surface area contributed by atoms with Crippen molar-refractivity contribution in [2.75, 3.05) is 13.7 Å². The summed E-state index contributed by atoms with van der Waals surface area (Å²) < 4.78 is 32.8. The molecule has 1 aliphatic carbocycles. The Kier molecular flexibility index (Phi) is 6.19. The number of ether oxygens (including phenoxy) is 1. The highest BCUT2D eigenvalue weighted by atomic mass is 32.2. The van der Waals surface area contributed by atoms with Gasteiger partial charge in [-0.3, -0.25) is 0 Å². The summed E-state index contributed by atoms with van der Waals surface area (Å²) in [6.07, 6.45) is 3.76. The average molecular weight is 332 g/mol. The van der Waals surface area contributed by atoms with E-state index in [9.17, 15) is 8.42 Å². The van der Waals surface area contributed by atoms with Gasteiger partial charge in [0.1, 0.15) is 0 Å². The van der Waals surface area contributed by atoms with Crippen LogP contribution < -0.4 is 10.0 Å². The molecule has 2 unspecified atom stereocenters. The number of thiophene rings is 1. The summed E-state index contributed by atoms with van der Waals surface area (Å²) in [6.45, 7) is 3.78. The molecule has 0 aliphatic heterocycles. The van der Waals surface area contributed by atoms with Crippen molar-refractivity contribution in [1.82, 2.24) is 10.0 Å². The van der Waals surface area contributed by atoms with Gasteiger partial charge in [-0.2, -0.15) is 0 Å². The lowest BCUT2D eigenvalue weighted by Gasteiger charge is -2.12. The van der Waals surface area contributed by atoms with Crippen LogP contribution >= 0.6 is 11.3 Å². The van der Waals surface area contributed by atoms with Gasteiger partial charge in [0.2, 0.25) is 10.0 Å². The molecule has 2 rings (SSSR count). The smallest absolute Gasteiger partial charge is 0.241 e. The molecule has 1 aliphatic rings. The molecule has 1 fully saturated rings. The number of sulfonamides is 1. The lowest BCUT2D eigenvalue weighted by molar-refractivity contribution is 0.107. The molecule has 21 heavy (non-hydrogen) atoms. The SMILES string of the molecule is CCCNCc1cc(S(=O)(=O)NC2CCC(OC)C2)cs1. The molecular formula is C14H24N2O3S2. The van der Waals surface area contributed by atoms with Gasteiger partial charge in [0.05, 0.1) is 11.0 Å². The van der Waals surface area contributed by atoms with Crippen molar-refractivity contribution in [1.29, 1.82) is 0 Å². The second-order valence-corrected chi connectivity index (χ2v) is 8.12. The van der Waals surface area contributed by atoms with E-state index < -0.39 is 10.0 Å². The van der Waals surface area contributed by atoms with Crippen LogP contribution in [-0.2, 0) is 21.3 Å². The van der Waals surface area contributed by atoms with Gasteiger partial charge < -0.3 is 10.1 Å². The van der Waals surface area contributed by atoms with E-state index >= 15 is 0 Å². The normalized spacial score (nSPS) is 22.8. The first kappa shape index (κ1) is 16.9. The van der Waals surface area contributed by atoms with Gasteiger partial charge in [-0.25, -0.2) is 13.1 Å².